The summed E-state index contributed by atoms with van der Waals surface area (Å²) >= 11 is 1.28. The van der Waals surface area contributed by atoms with Gasteiger partial charge in [0, 0.05) is 18.2 Å². The van der Waals surface area contributed by atoms with Crippen LogP contribution in [0.2, 0.25) is 0 Å². The van der Waals surface area contributed by atoms with E-state index in [1.54, 1.807) is 35.2 Å². The SMILES string of the molecule is COc1cc(OC)cc(C(=O)N(CC2CCCO2)c2nc3c(F)cccc3s2)c1. The number of para-hydroxylation sites is 1. The number of fused-ring (bicyclic) bond motifs is 1. The molecule has 1 aliphatic heterocycles. The molecule has 152 valence electrons. The van der Waals surface area contributed by atoms with Crippen molar-refractivity contribution in [2.24, 2.45) is 0 Å². The summed E-state index contributed by atoms with van der Waals surface area (Å²) in [7, 11) is 3.06. The minimum Gasteiger partial charge on any atom is -0.497 e. The molecule has 2 heterocycles. The first-order chi connectivity index (χ1) is 14.1. The Morgan fingerprint density at radius 2 is 2.03 bits per heavy atom. The first-order valence-electron chi connectivity index (χ1n) is 9.30. The van der Waals surface area contributed by atoms with Crippen molar-refractivity contribution in [3.05, 3.63) is 47.8 Å². The van der Waals surface area contributed by atoms with Crippen LogP contribution in [0, 0.1) is 5.82 Å². The quantitative estimate of drug-likeness (QED) is 0.600. The van der Waals surface area contributed by atoms with E-state index in [2.05, 4.69) is 4.98 Å². The molecule has 1 saturated heterocycles. The summed E-state index contributed by atoms with van der Waals surface area (Å²) < 4.78 is 31.2. The molecule has 6 nitrogen and oxygen atoms in total. The zero-order chi connectivity index (χ0) is 20.4. The van der Waals surface area contributed by atoms with E-state index in [1.165, 1.54) is 31.6 Å². The van der Waals surface area contributed by atoms with Gasteiger partial charge in [-0.15, -0.1) is 0 Å². The van der Waals surface area contributed by atoms with E-state index in [0.717, 1.165) is 12.8 Å². The number of benzene rings is 2. The van der Waals surface area contributed by atoms with Gasteiger partial charge in [-0.05, 0) is 37.1 Å². The van der Waals surface area contributed by atoms with Gasteiger partial charge in [-0.1, -0.05) is 17.4 Å². The lowest BCUT2D eigenvalue weighted by Crippen LogP contribution is -2.37. The van der Waals surface area contributed by atoms with Crippen molar-refractivity contribution in [3.8, 4) is 11.5 Å². The molecular weight excluding hydrogens is 395 g/mol. The number of carbonyl (C=O) groups is 1. The maximum Gasteiger partial charge on any atom is 0.260 e. The van der Waals surface area contributed by atoms with Crippen LogP contribution in [-0.2, 0) is 4.74 Å². The van der Waals surface area contributed by atoms with Crippen LogP contribution in [-0.4, -0.2) is 44.4 Å². The van der Waals surface area contributed by atoms with E-state index in [9.17, 15) is 9.18 Å². The zero-order valence-electron chi connectivity index (χ0n) is 16.2. The molecule has 2 aromatic carbocycles. The summed E-state index contributed by atoms with van der Waals surface area (Å²) in [6, 6.07) is 9.81. The lowest BCUT2D eigenvalue weighted by molar-refractivity contribution is 0.0917. The third-order valence-electron chi connectivity index (χ3n) is 4.84. The first-order valence-corrected chi connectivity index (χ1v) is 10.1. The molecule has 1 aliphatic rings. The van der Waals surface area contributed by atoms with Crippen molar-refractivity contribution >= 4 is 32.6 Å². The monoisotopic (exact) mass is 416 g/mol. The van der Waals surface area contributed by atoms with Crippen molar-refractivity contribution in [2.45, 2.75) is 18.9 Å². The summed E-state index contributed by atoms with van der Waals surface area (Å²) in [4.78, 5) is 19.4. The van der Waals surface area contributed by atoms with Crippen molar-refractivity contribution in [1.82, 2.24) is 4.98 Å². The molecule has 1 amide bonds. The van der Waals surface area contributed by atoms with Crippen molar-refractivity contribution < 1.29 is 23.4 Å². The molecule has 4 rings (SSSR count). The summed E-state index contributed by atoms with van der Waals surface area (Å²) in [5, 5.41) is 0.437. The number of hydrogen-bond donors (Lipinski definition) is 0. The number of anilines is 1. The predicted molar refractivity (Wildman–Crippen MR) is 110 cm³/mol. The van der Waals surface area contributed by atoms with Crippen LogP contribution in [0.4, 0.5) is 9.52 Å². The fourth-order valence-electron chi connectivity index (χ4n) is 3.35. The standard InChI is InChI=1S/C21H21FN2O4S/c1-26-15-9-13(10-16(11-15)27-2)20(25)24(12-14-5-4-8-28-14)21-23-19-17(22)6-3-7-18(19)29-21/h3,6-7,9-11,14H,4-5,8,12H2,1-2H3. The Balaban J connectivity index is 1.75. The van der Waals surface area contributed by atoms with E-state index < -0.39 is 5.82 Å². The fourth-order valence-corrected chi connectivity index (χ4v) is 4.33. The maximum absolute atomic E-state index is 14.2. The van der Waals surface area contributed by atoms with E-state index in [-0.39, 0.29) is 17.5 Å². The molecule has 1 aromatic heterocycles. The van der Waals surface area contributed by atoms with Crippen LogP contribution >= 0.6 is 11.3 Å². The van der Waals surface area contributed by atoms with Gasteiger partial charge in [-0.2, -0.15) is 0 Å². The maximum atomic E-state index is 14.2. The molecule has 1 fully saturated rings. The summed E-state index contributed by atoms with van der Waals surface area (Å²) in [5.41, 5.74) is 0.666. The number of amides is 1. The van der Waals surface area contributed by atoms with Gasteiger partial charge in [0.25, 0.3) is 5.91 Å². The zero-order valence-corrected chi connectivity index (χ0v) is 17.0. The van der Waals surface area contributed by atoms with E-state index in [0.29, 0.717) is 40.0 Å². The molecule has 0 saturated carbocycles. The molecule has 0 spiro atoms. The highest BCUT2D eigenvalue weighted by atomic mass is 32.1. The average molecular weight is 416 g/mol. The van der Waals surface area contributed by atoms with Crippen LogP contribution in [0.25, 0.3) is 10.2 Å². The smallest absolute Gasteiger partial charge is 0.260 e. The van der Waals surface area contributed by atoms with Gasteiger partial charge < -0.3 is 14.2 Å². The van der Waals surface area contributed by atoms with E-state index >= 15 is 0 Å². The molecule has 0 N–H and O–H groups in total. The third-order valence-corrected chi connectivity index (χ3v) is 5.89. The summed E-state index contributed by atoms with van der Waals surface area (Å²) in [6.45, 7) is 1.02. The van der Waals surface area contributed by atoms with Gasteiger partial charge in [0.1, 0.15) is 22.8 Å². The Kier molecular flexibility index (Phi) is 5.64. The minimum absolute atomic E-state index is 0.0803. The number of halogens is 1. The number of nitrogens with zero attached hydrogens (tertiary/aromatic N) is 2. The highest BCUT2D eigenvalue weighted by Gasteiger charge is 2.28. The Labute approximate surface area is 171 Å². The summed E-state index contributed by atoms with van der Waals surface area (Å²) in [5.74, 6) is 0.356. The second kappa shape index (κ2) is 8.34. The van der Waals surface area contributed by atoms with Crippen molar-refractivity contribution in [2.75, 3.05) is 32.3 Å². The van der Waals surface area contributed by atoms with Gasteiger partial charge in [0.05, 0.1) is 31.6 Å². The normalized spacial score (nSPS) is 16.2. The lowest BCUT2D eigenvalue weighted by atomic mass is 10.1. The predicted octanol–water partition coefficient (Wildman–Crippen LogP) is 4.28. The van der Waals surface area contributed by atoms with Gasteiger partial charge in [-0.25, -0.2) is 9.37 Å². The van der Waals surface area contributed by atoms with E-state index in [1.807, 2.05) is 0 Å². The van der Waals surface area contributed by atoms with Crippen LogP contribution in [0.1, 0.15) is 23.2 Å². The van der Waals surface area contributed by atoms with Crippen LogP contribution in [0.3, 0.4) is 0 Å². The molecule has 0 radical (unpaired) electrons. The Morgan fingerprint density at radius 1 is 1.28 bits per heavy atom. The lowest BCUT2D eigenvalue weighted by Gasteiger charge is -2.23. The fraction of sp³-hybridized carbons (Fsp3) is 0.333. The first kappa shape index (κ1) is 19.6. The second-order valence-corrected chi connectivity index (χ2v) is 7.74. The van der Waals surface area contributed by atoms with E-state index in [4.69, 9.17) is 14.2 Å². The third kappa shape index (κ3) is 4.04. The van der Waals surface area contributed by atoms with Crippen LogP contribution in [0.5, 0.6) is 11.5 Å². The minimum atomic E-state index is -0.405. The molecule has 8 heteroatoms. The Morgan fingerprint density at radius 3 is 2.66 bits per heavy atom. The number of ether oxygens (including phenoxy) is 3. The number of methoxy groups -OCH3 is 2. The van der Waals surface area contributed by atoms with Crippen LogP contribution in [0.15, 0.2) is 36.4 Å². The van der Waals surface area contributed by atoms with Crippen molar-refractivity contribution in [1.29, 1.82) is 0 Å². The largest absolute Gasteiger partial charge is 0.497 e. The molecule has 0 bridgehead atoms. The summed E-state index contributed by atoms with van der Waals surface area (Å²) in [6.07, 6.45) is 1.74. The van der Waals surface area contributed by atoms with Gasteiger partial charge in [-0.3, -0.25) is 9.69 Å². The molecule has 0 aliphatic carbocycles. The van der Waals surface area contributed by atoms with Gasteiger partial charge >= 0.3 is 0 Å². The molecule has 1 unspecified atom stereocenters. The van der Waals surface area contributed by atoms with Crippen molar-refractivity contribution in [3.63, 3.8) is 0 Å². The molecular formula is C21H21FN2O4S. The number of aromatic nitrogens is 1. The number of carbonyl (C=O) groups excluding carboxylic acids is 1. The highest BCUT2D eigenvalue weighted by Crippen LogP contribution is 2.33. The Bertz CT molecular complexity index is 1010. The molecule has 29 heavy (non-hydrogen) atoms. The van der Waals surface area contributed by atoms with Gasteiger partial charge in [0.15, 0.2) is 5.13 Å². The Hall–Kier alpha value is -2.71. The topological polar surface area (TPSA) is 60.9 Å². The van der Waals surface area contributed by atoms with Crippen LogP contribution < -0.4 is 14.4 Å². The van der Waals surface area contributed by atoms with Gasteiger partial charge in [0.2, 0.25) is 0 Å². The number of rotatable bonds is 6. The number of hydrogen-bond acceptors (Lipinski definition) is 6. The average Bonchev–Trinajstić information content (AvgIpc) is 3.41. The number of thiazole rings is 1. The highest BCUT2D eigenvalue weighted by molar-refractivity contribution is 7.22. The molecule has 1 atom stereocenters. The second-order valence-electron chi connectivity index (χ2n) is 6.74. The molecule has 3 aromatic rings.